The molecule has 19 heteroatoms. The Labute approximate surface area is 438 Å². The van der Waals surface area contributed by atoms with Crippen molar-refractivity contribution in [1.29, 1.82) is 0 Å². The lowest BCUT2D eigenvalue weighted by molar-refractivity contribution is -0.145. The Morgan fingerprint density at radius 2 is 1.82 bits per heavy atom. The van der Waals surface area contributed by atoms with E-state index in [2.05, 4.69) is 37.7 Å². The second-order valence-corrected chi connectivity index (χ2v) is 20.6. The molecule has 15 nitrogen and oxygen atoms in total. The number of rotatable bonds is 13. The van der Waals surface area contributed by atoms with Gasteiger partial charge in [-0.25, -0.2) is 33.5 Å². The zero-order chi connectivity index (χ0) is 51.8. The maximum Gasteiger partial charge on any atom is 0.345 e. The van der Waals surface area contributed by atoms with Gasteiger partial charge in [-0.2, -0.15) is 0 Å². The molecular formula is C55H61ClF2N6O9S. The predicted molar refractivity (Wildman–Crippen MR) is 277 cm³/mol. The molecule has 0 amide bonds. The number of carboxylic acids is 1. The van der Waals surface area contributed by atoms with Crippen molar-refractivity contribution in [1.82, 2.24) is 29.7 Å². The molecule has 5 aromatic rings. The third kappa shape index (κ3) is 12.8. The van der Waals surface area contributed by atoms with Gasteiger partial charge in [0.15, 0.2) is 5.76 Å². The van der Waals surface area contributed by atoms with Crippen LogP contribution < -0.4 is 14.2 Å². The lowest BCUT2D eigenvalue weighted by atomic mass is 9.80. The SMILES string of the molecule is C#C/C1=C(Cl)\C(C)=C(/CC)c2c(-c3ccc(F)cc3)sc3ncnc(c23)O[C@@H](C(=O)O)Cc2cc(ccc2OCc2ccnc(C3CCC(F)(COC[C@H]4COCCO4)CC3)n2)OC[C@@H](CN2CCN(C)CC2)O1. The van der Waals surface area contributed by atoms with Gasteiger partial charge in [0.05, 0.1) is 49.1 Å². The predicted octanol–water partition coefficient (Wildman–Crippen LogP) is 9.03. The molecule has 4 aliphatic rings. The van der Waals surface area contributed by atoms with E-state index >= 15 is 4.39 Å². The zero-order valence-corrected chi connectivity index (χ0v) is 43.4. The number of thiophene rings is 1. The van der Waals surface area contributed by atoms with Crippen molar-refractivity contribution in [2.75, 3.05) is 79.4 Å². The minimum Gasteiger partial charge on any atom is -0.490 e. The summed E-state index contributed by atoms with van der Waals surface area (Å²) in [6, 6.07) is 13.1. The number of benzene rings is 2. The van der Waals surface area contributed by atoms with Crippen LogP contribution in [0.4, 0.5) is 8.78 Å². The number of fused-ring (bicyclic) bond motifs is 2. The van der Waals surface area contributed by atoms with Gasteiger partial charge in [-0.15, -0.1) is 17.8 Å². The van der Waals surface area contributed by atoms with Crippen molar-refractivity contribution in [3.63, 3.8) is 0 Å². The first kappa shape index (κ1) is 53.1. The van der Waals surface area contributed by atoms with Crippen molar-refractivity contribution < 1.29 is 51.8 Å². The van der Waals surface area contributed by atoms with Gasteiger partial charge >= 0.3 is 5.97 Å². The fourth-order valence-corrected chi connectivity index (χ4v) is 11.2. The summed E-state index contributed by atoms with van der Waals surface area (Å²) in [5.74, 6) is 2.56. The minimum absolute atomic E-state index is 0.00810. The smallest absolute Gasteiger partial charge is 0.345 e. The van der Waals surface area contributed by atoms with Crippen LogP contribution in [0.2, 0.25) is 0 Å². The number of hydrogen-bond donors (Lipinski definition) is 1. The van der Waals surface area contributed by atoms with E-state index in [0.717, 1.165) is 36.6 Å². The monoisotopic (exact) mass is 1050 g/mol. The third-order valence-corrected chi connectivity index (χ3v) is 15.6. The van der Waals surface area contributed by atoms with E-state index in [1.807, 2.05) is 13.8 Å². The molecule has 1 saturated carbocycles. The number of carboxylic acid groups (broad SMARTS) is 1. The highest BCUT2D eigenvalue weighted by Gasteiger charge is 2.38. The summed E-state index contributed by atoms with van der Waals surface area (Å²) in [7, 11) is 2.09. The van der Waals surface area contributed by atoms with E-state index in [9.17, 15) is 14.3 Å². The molecule has 74 heavy (non-hydrogen) atoms. The van der Waals surface area contributed by atoms with Crippen molar-refractivity contribution in [2.24, 2.45) is 0 Å². The summed E-state index contributed by atoms with van der Waals surface area (Å²) in [6.07, 6.45) is 8.97. The number of nitrogens with zero attached hydrogens (tertiary/aromatic N) is 6. The van der Waals surface area contributed by atoms with Crippen molar-refractivity contribution in [3.8, 4) is 40.2 Å². The molecule has 2 saturated heterocycles. The van der Waals surface area contributed by atoms with Crippen molar-refractivity contribution >= 4 is 44.7 Å². The standard InChI is InChI=1S/C55H61ClF2N6O9S/c1-5-43-34(3)49(56)44(6-2)72-41(27-64-21-19-63(4)20-22-64)31-70-40-11-12-45(71-28-39-15-18-59-51(62-39)36-13-16-55(58,17-14-36)32-68-30-42-29-67-23-24-69-42)37(25-40)26-46(54(65)66)73-52-48-47(43)50(74-53(48)61-33-60-52)35-7-9-38(57)10-8-35/h2,7-12,15,18,25,33,36,41-42,46H,5,13-14,16-17,19-24,26-32H2,1,3-4H3,(H,65,66)/b43-34+,49-44-/t36?,41-,42-,46-,55?/m1/s1. The van der Waals surface area contributed by atoms with Gasteiger partial charge in [0.2, 0.25) is 12.0 Å². The van der Waals surface area contributed by atoms with Crippen LogP contribution in [0.5, 0.6) is 17.4 Å². The largest absolute Gasteiger partial charge is 0.490 e. The number of likely N-dealkylation sites (N-methyl/N-ethyl adjacent to an activating group) is 1. The Hall–Kier alpha value is -5.78. The Balaban J connectivity index is 1.03. The summed E-state index contributed by atoms with van der Waals surface area (Å²) < 4.78 is 73.2. The lowest BCUT2D eigenvalue weighted by Gasteiger charge is -2.34. The first-order valence-electron chi connectivity index (χ1n) is 25.1. The number of aromatic nitrogens is 4. The molecule has 9 rings (SSSR count). The lowest BCUT2D eigenvalue weighted by Crippen LogP contribution is -2.48. The molecule has 392 valence electrons. The van der Waals surface area contributed by atoms with Gasteiger partial charge in [-0.3, -0.25) is 4.90 Å². The van der Waals surface area contributed by atoms with Crippen LogP contribution in [0.3, 0.4) is 0 Å². The number of hydrogen-bond acceptors (Lipinski definition) is 15. The summed E-state index contributed by atoms with van der Waals surface area (Å²) in [5.41, 5.74) is 2.31. The number of terminal acetylenes is 1. The number of aliphatic carboxylic acids is 1. The molecule has 3 aliphatic heterocycles. The van der Waals surface area contributed by atoms with E-state index in [-0.39, 0.29) is 61.5 Å². The Morgan fingerprint density at radius 1 is 1.03 bits per heavy atom. The average Bonchev–Trinajstić information content (AvgIpc) is 3.80. The van der Waals surface area contributed by atoms with Crippen LogP contribution in [-0.2, 0) is 36.8 Å². The first-order valence-corrected chi connectivity index (χ1v) is 26.3. The second kappa shape index (κ2) is 24.3. The molecule has 6 heterocycles. The van der Waals surface area contributed by atoms with Gasteiger partial charge in [0.25, 0.3) is 0 Å². The number of piperazine rings is 1. The molecule has 0 spiro atoms. The van der Waals surface area contributed by atoms with Crippen molar-refractivity contribution in [3.05, 3.63) is 106 Å². The van der Waals surface area contributed by atoms with Gasteiger partial charge in [-0.05, 0) is 105 Å². The number of carbonyl (C=O) groups is 1. The van der Waals surface area contributed by atoms with Gasteiger partial charge < -0.3 is 43.2 Å². The highest BCUT2D eigenvalue weighted by molar-refractivity contribution is 7.22. The topological polar surface area (TPSA) is 160 Å². The second-order valence-electron chi connectivity index (χ2n) is 19.2. The van der Waals surface area contributed by atoms with E-state index in [1.54, 1.807) is 42.6 Å². The van der Waals surface area contributed by atoms with Crippen LogP contribution in [0.1, 0.15) is 74.5 Å². The Morgan fingerprint density at radius 3 is 2.55 bits per heavy atom. The molecule has 3 aromatic heterocycles. The van der Waals surface area contributed by atoms with Crippen LogP contribution in [0.25, 0.3) is 26.2 Å². The fourth-order valence-electron chi connectivity index (χ4n) is 9.81. The average molecular weight is 1060 g/mol. The highest BCUT2D eigenvalue weighted by Crippen LogP contribution is 2.48. The van der Waals surface area contributed by atoms with Crippen LogP contribution >= 0.6 is 22.9 Å². The molecule has 3 atom stereocenters. The van der Waals surface area contributed by atoms with E-state index < -0.39 is 29.7 Å². The van der Waals surface area contributed by atoms with E-state index in [4.69, 9.17) is 56.2 Å². The number of halogens is 3. The summed E-state index contributed by atoms with van der Waals surface area (Å²) in [5, 5.41) is 11.6. The molecule has 2 bridgehead atoms. The van der Waals surface area contributed by atoms with Crippen molar-refractivity contribution in [2.45, 2.75) is 88.9 Å². The highest BCUT2D eigenvalue weighted by atomic mass is 35.5. The molecular weight excluding hydrogens is 994 g/mol. The van der Waals surface area contributed by atoms with Crippen LogP contribution in [0.15, 0.2) is 77.4 Å². The number of allylic oxidation sites excluding steroid dienone is 4. The first-order chi connectivity index (χ1) is 35.9. The van der Waals surface area contributed by atoms with Crippen LogP contribution in [-0.4, -0.2) is 144 Å². The third-order valence-electron chi connectivity index (χ3n) is 14.0. The Kier molecular flexibility index (Phi) is 17.4. The molecule has 0 radical (unpaired) electrons. The molecule has 1 aliphatic carbocycles. The molecule has 3 fully saturated rings. The fraction of sp³-hybridized carbons (Fsp3) is 0.473. The summed E-state index contributed by atoms with van der Waals surface area (Å²) >= 11 is 8.64. The summed E-state index contributed by atoms with van der Waals surface area (Å²) in [4.78, 5) is 37.8. The minimum atomic E-state index is -1.48. The maximum atomic E-state index is 15.9. The van der Waals surface area contributed by atoms with E-state index in [1.165, 1.54) is 29.8 Å². The molecule has 2 aromatic carbocycles. The van der Waals surface area contributed by atoms with Crippen LogP contribution in [0, 0.1) is 18.2 Å². The number of ether oxygens (including phenoxy) is 7. The summed E-state index contributed by atoms with van der Waals surface area (Å²) in [6.45, 7) is 9.55. The zero-order valence-electron chi connectivity index (χ0n) is 41.8. The quantitative estimate of drug-likeness (QED) is 0.111. The van der Waals surface area contributed by atoms with E-state index in [0.29, 0.717) is 114 Å². The number of alkyl halides is 1. The van der Waals surface area contributed by atoms with Gasteiger partial charge in [-0.1, -0.05) is 30.7 Å². The van der Waals surface area contributed by atoms with Gasteiger partial charge in [0.1, 0.15) is 65.4 Å². The normalized spacial score (nSPS) is 25.5. The maximum absolute atomic E-state index is 15.9. The molecule has 1 N–H and O–H groups in total. The van der Waals surface area contributed by atoms with Gasteiger partial charge in [0, 0.05) is 67.3 Å². The Bertz CT molecular complexity index is 2880. The molecule has 0 unspecified atom stereocenters.